The molecule has 1 atom stereocenters. The molecule has 4 rings (SSSR count). The molecule has 2 aromatic heterocycles. The zero-order valence-electron chi connectivity index (χ0n) is 18.7. The third-order valence-corrected chi connectivity index (χ3v) is 5.33. The van der Waals surface area contributed by atoms with Crippen LogP contribution in [-0.2, 0) is 18.7 Å². The van der Waals surface area contributed by atoms with Gasteiger partial charge in [0.2, 0.25) is 0 Å². The highest BCUT2D eigenvalue weighted by Gasteiger charge is 2.41. The second-order valence-electron chi connectivity index (χ2n) is 8.03. The number of alkyl halides is 4. The van der Waals surface area contributed by atoms with Crippen molar-refractivity contribution in [2.75, 3.05) is 6.61 Å². The number of rotatable bonds is 10. The molecule has 0 fully saturated rings. The van der Waals surface area contributed by atoms with Crippen LogP contribution >= 0.6 is 0 Å². The highest BCUT2D eigenvalue weighted by Crippen LogP contribution is 2.28. The van der Waals surface area contributed by atoms with Crippen LogP contribution in [0.3, 0.4) is 0 Å². The summed E-state index contributed by atoms with van der Waals surface area (Å²) in [6, 6.07) is 7.55. The van der Waals surface area contributed by atoms with Crippen molar-refractivity contribution in [3.8, 4) is 11.4 Å². The first kappa shape index (κ1) is 25.9. The molecule has 2 heterocycles. The van der Waals surface area contributed by atoms with Gasteiger partial charge in [0.1, 0.15) is 42.0 Å². The Morgan fingerprint density at radius 2 is 1.73 bits per heavy atom. The lowest BCUT2D eigenvalue weighted by molar-refractivity contribution is -0.148. The maximum atomic E-state index is 14.6. The van der Waals surface area contributed by atoms with E-state index in [1.807, 2.05) is 0 Å². The minimum Gasteiger partial charge on any atom is -0.487 e. The summed E-state index contributed by atoms with van der Waals surface area (Å²) >= 11 is 0. The van der Waals surface area contributed by atoms with Crippen molar-refractivity contribution in [2.24, 2.45) is 0 Å². The Kier molecular flexibility index (Phi) is 7.07. The van der Waals surface area contributed by atoms with Crippen LogP contribution in [0.1, 0.15) is 5.56 Å². The van der Waals surface area contributed by atoms with Crippen LogP contribution in [0.25, 0.3) is 5.69 Å². The summed E-state index contributed by atoms with van der Waals surface area (Å²) < 4.78 is 86.5. The number of nitrogens with zero attached hydrogens (tertiary/aromatic N) is 6. The molecule has 0 aliphatic carbocycles. The third kappa shape index (κ3) is 5.66. The van der Waals surface area contributed by atoms with Crippen LogP contribution in [-0.4, -0.2) is 53.2 Å². The summed E-state index contributed by atoms with van der Waals surface area (Å²) in [6.45, 7) is -2.46. The topological polar surface area (TPSA) is 100.0 Å². The van der Waals surface area contributed by atoms with Gasteiger partial charge in [-0.2, -0.15) is 19.0 Å². The van der Waals surface area contributed by atoms with Crippen molar-refractivity contribution in [3.05, 3.63) is 89.1 Å². The Hall–Kier alpha value is -4.14. The van der Waals surface area contributed by atoms with Crippen LogP contribution in [0.15, 0.2) is 66.2 Å². The first-order chi connectivity index (χ1) is 17.5. The Morgan fingerprint density at radius 3 is 2.35 bits per heavy atom. The molecular formula is C22H18F6N6O3. The summed E-state index contributed by atoms with van der Waals surface area (Å²) in [5.41, 5.74) is -2.98. The zero-order valence-corrected chi connectivity index (χ0v) is 18.7. The van der Waals surface area contributed by atoms with Crippen molar-refractivity contribution in [1.29, 1.82) is 0 Å². The number of hydrogen-bond acceptors (Lipinski definition) is 6. The normalized spacial score (nSPS) is 13.6. The number of hydrogen-bond donors (Lipinski definition) is 1. The number of ether oxygens (including phenoxy) is 1. The van der Waals surface area contributed by atoms with Gasteiger partial charge in [0.05, 0.1) is 18.8 Å². The fourth-order valence-electron chi connectivity index (χ4n) is 3.49. The molecule has 15 heteroatoms. The molecule has 0 amide bonds. The maximum absolute atomic E-state index is 14.6. The quantitative estimate of drug-likeness (QED) is 0.318. The number of aromatic nitrogens is 6. The summed E-state index contributed by atoms with van der Waals surface area (Å²) in [7, 11) is 0. The van der Waals surface area contributed by atoms with E-state index >= 15 is 0 Å². The van der Waals surface area contributed by atoms with Gasteiger partial charge in [-0.05, 0) is 30.3 Å². The number of halogens is 6. The molecule has 0 radical (unpaired) electrons. The molecule has 2 aromatic carbocycles. The fourth-order valence-corrected chi connectivity index (χ4v) is 3.49. The van der Waals surface area contributed by atoms with Gasteiger partial charge in [0.15, 0.2) is 6.61 Å². The van der Waals surface area contributed by atoms with E-state index in [2.05, 4.69) is 15.2 Å². The van der Waals surface area contributed by atoms with Crippen LogP contribution in [0, 0.1) is 11.6 Å². The van der Waals surface area contributed by atoms with E-state index in [1.165, 1.54) is 41.6 Å². The summed E-state index contributed by atoms with van der Waals surface area (Å²) in [5, 5.41) is 19.2. The van der Waals surface area contributed by atoms with Crippen LogP contribution in [0.2, 0.25) is 0 Å². The molecule has 196 valence electrons. The average molecular weight is 528 g/mol. The summed E-state index contributed by atoms with van der Waals surface area (Å²) in [4.78, 5) is 16.7. The SMILES string of the molecule is O=c1n(-c2ccc(OCC(F)(F)C(F)F)cc2)cnn1CC(O)(Cn1cncn1)c1ccc(F)cc1F. The highest BCUT2D eigenvalue weighted by molar-refractivity contribution is 5.37. The Morgan fingerprint density at radius 1 is 1.00 bits per heavy atom. The van der Waals surface area contributed by atoms with Crippen LogP contribution in [0.4, 0.5) is 26.3 Å². The fraction of sp³-hybridized carbons (Fsp3) is 0.273. The largest absolute Gasteiger partial charge is 0.487 e. The monoisotopic (exact) mass is 528 g/mol. The lowest BCUT2D eigenvalue weighted by Gasteiger charge is -2.28. The van der Waals surface area contributed by atoms with Gasteiger partial charge in [-0.1, -0.05) is 6.07 Å². The average Bonchev–Trinajstić information content (AvgIpc) is 3.47. The van der Waals surface area contributed by atoms with E-state index in [0.717, 1.165) is 27.7 Å². The molecule has 1 unspecified atom stereocenters. The first-order valence-corrected chi connectivity index (χ1v) is 10.5. The second-order valence-corrected chi connectivity index (χ2v) is 8.03. The predicted octanol–water partition coefficient (Wildman–Crippen LogP) is 2.77. The molecule has 0 spiro atoms. The van der Waals surface area contributed by atoms with E-state index in [9.17, 15) is 36.2 Å². The van der Waals surface area contributed by atoms with E-state index in [4.69, 9.17) is 4.74 Å². The van der Waals surface area contributed by atoms with Gasteiger partial charge < -0.3 is 9.84 Å². The third-order valence-electron chi connectivity index (χ3n) is 5.33. The number of benzene rings is 2. The number of aliphatic hydroxyl groups is 1. The second kappa shape index (κ2) is 10.1. The molecule has 0 saturated carbocycles. The van der Waals surface area contributed by atoms with Gasteiger partial charge in [0.25, 0.3) is 0 Å². The van der Waals surface area contributed by atoms with Crippen molar-refractivity contribution in [1.82, 2.24) is 29.1 Å². The molecule has 0 bridgehead atoms. The molecule has 37 heavy (non-hydrogen) atoms. The van der Waals surface area contributed by atoms with E-state index in [0.29, 0.717) is 6.07 Å². The van der Waals surface area contributed by atoms with Crippen molar-refractivity contribution < 1.29 is 36.2 Å². The first-order valence-electron chi connectivity index (χ1n) is 10.5. The lowest BCUT2D eigenvalue weighted by Crippen LogP contribution is -2.41. The van der Waals surface area contributed by atoms with Crippen LogP contribution < -0.4 is 10.4 Å². The van der Waals surface area contributed by atoms with Crippen LogP contribution in [0.5, 0.6) is 5.75 Å². The van der Waals surface area contributed by atoms with Crippen molar-refractivity contribution >= 4 is 0 Å². The Balaban J connectivity index is 1.58. The summed E-state index contributed by atoms with van der Waals surface area (Å²) in [6.07, 6.45) is -0.346. The minimum atomic E-state index is -4.33. The smallest absolute Gasteiger partial charge is 0.350 e. The van der Waals surface area contributed by atoms with E-state index in [1.54, 1.807) is 0 Å². The highest BCUT2D eigenvalue weighted by atomic mass is 19.3. The van der Waals surface area contributed by atoms with Gasteiger partial charge >= 0.3 is 18.0 Å². The molecule has 9 nitrogen and oxygen atoms in total. The molecular weight excluding hydrogens is 510 g/mol. The minimum absolute atomic E-state index is 0.140. The van der Waals surface area contributed by atoms with E-state index < -0.39 is 48.4 Å². The maximum Gasteiger partial charge on any atom is 0.350 e. The van der Waals surface area contributed by atoms with Gasteiger partial charge in [0, 0.05) is 11.6 Å². The van der Waals surface area contributed by atoms with Crippen molar-refractivity contribution in [2.45, 2.75) is 31.0 Å². The van der Waals surface area contributed by atoms with Gasteiger partial charge in [-0.3, -0.25) is 0 Å². The molecule has 1 N–H and O–H groups in total. The van der Waals surface area contributed by atoms with Crippen molar-refractivity contribution in [3.63, 3.8) is 0 Å². The Labute approximate surface area is 204 Å². The molecule has 0 saturated heterocycles. The predicted molar refractivity (Wildman–Crippen MR) is 115 cm³/mol. The Bertz CT molecular complexity index is 1410. The van der Waals surface area contributed by atoms with Gasteiger partial charge in [-0.15, -0.1) is 0 Å². The van der Waals surface area contributed by atoms with E-state index in [-0.39, 0.29) is 23.5 Å². The molecule has 4 aromatic rings. The standard InChI is InChI=1S/C22H18F6N6O3/c23-14-1-6-17(18(24)7-14)21(36,8-32-12-29-11-30-32)9-34-20(35)33(13-31-34)15-2-4-16(5-3-15)37-10-22(27,28)19(25)26/h1-7,11-13,19,36H,8-10H2. The van der Waals surface area contributed by atoms with Gasteiger partial charge in [-0.25, -0.2) is 41.3 Å². The molecule has 0 aliphatic heterocycles. The zero-order chi connectivity index (χ0) is 26.8. The summed E-state index contributed by atoms with van der Waals surface area (Å²) in [5.74, 6) is -6.39. The lowest BCUT2D eigenvalue weighted by atomic mass is 9.93. The molecule has 0 aliphatic rings.